The zero-order valence-electron chi connectivity index (χ0n) is 11.6. The van der Waals surface area contributed by atoms with E-state index in [2.05, 4.69) is 37.6 Å². The highest BCUT2D eigenvalue weighted by atomic mass is 16.5. The molecule has 0 radical (unpaired) electrons. The van der Waals surface area contributed by atoms with Gasteiger partial charge in [-0.3, -0.25) is 4.79 Å². The van der Waals surface area contributed by atoms with E-state index < -0.39 is 5.91 Å². The van der Waals surface area contributed by atoms with Gasteiger partial charge in [0.05, 0.1) is 0 Å². The highest BCUT2D eigenvalue weighted by Gasteiger charge is 2.04. The van der Waals surface area contributed by atoms with E-state index in [-0.39, 0.29) is 5.97 Å². The average Bonchev–Trinajstić information content (AvgIpc) is 2.34. The fourth-order valence-corrected chi connectivity index (χ4v) is 0.930. The SMILES string of the molecule is C=C(C)C(=O)OCCN(CC)CC.C=CC(N)=O. The van der Waals surface area contributed by atoms with Crippen molar-refractivity contribution in [3.63, 3.8) is 0 Å². The lowest BCUT2D eigenvalue weighted by atomic mass is 10.4. The Balaban J connectivity index is 0. The molecule has 1 amide bonds. The van der Waals surface area contributed by atoms with Gasteiger partial charge in [-0.1, -0.05) is 27.0 Å². The molecule has 0 aromatic carbocycles. The molecular formula is C13H24N2O3. The third kappa shape index (κ3) is 12.4. The molecular weight excluding hydrogens is 232 g/mol. The number of carbonyl (C=O) groups excluding carboxylic acids is 2. The van der Waals surface area contributed by atoms with Crippen LogP contribution < -0.4 is 5.73 Å². The molecule has 0 aliphatic rings. The van der Waals surface area contributed by atoms with E-state index in [0.29, 0.717) is 12.2 Å². The van der Waals surface area contributed by atoms with Gasteiger partial charge in [0.15, 0.2) is 0 Å². The molecule has 0 heterocycles. The van der Waals surface area contributed by atoms with Gasteiger partial charge in [0.2, 0.25) is 5.91 Å². The Morgan fingerprint density at radius 2 is 1.78 bits per heavy atom. The van der Waals surface area contributed by atoms with Crippen LogP contribution in [-0.2, 0) is 14.3 Å². The lowest BCUT2D eigenvalue weighted by molar-refractivity contribution is -0.139. The number of nitrogens with zero attached hydrogens (tertiary/aromatic N) is 1. The average molecular weight is 256 g/mol. The molecule has 0 aromatic rings. The van der Waals surface area contributed by atoms with Crippen LogP contribution in [0.25, 0.3) is 0 Å². The van der Waals surface area contributed by atoms with Crippen LogP contribution in [0.5, 0.6) is 0 Å². The summed E-state index contributed by atoms with van der Waals surface area (Å²) < 4.78 is 4.96. The fourth-order valence-electron chi connectivity index (χ4n) is 0.930. The Morgan fingerprint density at radius 1 is 1.33 bits per heavy atom. The van der Waals surface area contributed by atoms with Crippen LogP contribution in [0.3, 0.4) is 0 Å². The van der Waals surface area contributed by atoms with Crippen LogP contribution in [0.15, 0.2) is 24.8 Å². The maximum atomic E-state index is 11.0. The standard InChI is InChI=1S/C10H19NO2.C3H5NO/c1-5-11(6-2)7-8-13-10(12)9(3)4;1-2-3(4)5/h3,5-8H2,1-2,4H3;2H,1H2,(H2,4,5). The molecule has 0 bridgehead atoms. The van der Waals surface area contributed by atoms with E-state index in [1.54, 1.807) is 6.92 Å². The summed E-state index contributed by atoms with van der Waals surface area (Å²) in [6.45, 7) is 15.6. The molecule has 0 aromatic heterocycles. The molecule has 18 heavy (non-hydrogen) atoms. The first kappa shape index (κ1) is 18.7. The maximum absolute atomic E-state index is 11.0. The zero-order valence-corrected chi connectivity index (χ0v) is 11.6. The van der Waals surface area contributed by atoms with Gasteiger partial charge < -0.3 is 15.4 Å². The number of likely N-dealkylation sites (N-methyl/N-ethyl adjacent to an activating group) is 1. The Hall–Kier alpha value is -1.62. The minimum Gasteiger partial charge on any atom is -0.461 e. The Morgan fingerprint density at radius 3 is 2.06 bits per heavy atom. The van der Waals surface area contributed by atoms with Gasteiger partial charge in [-0.15, -0.1) is 0 Å². The molecule has 2 N–H and O–H groups in total. The van der Waals surface area contributed by atoms with Crippen molar-refractivity contribution in [2.24, 2.45) is 5.73 Å². The summed E-state index contributed by atoms with van der Waals surface area (Å²) in [4.78, 5) is 22.6. The van der Waals surface area contributed by atoms with E-state index in [1.807, 2.05) is 0 Å². The first-order chi connectivity index (χ1) is 8.38. The molecule has 5 nitrogen and oxygen atoms in total. The van der Waals surface area contributed by atoms with Crippen LogP contribution in [0.2, 0.25) is 0 Å². The van der Waals surface area contributed by atoms with E-state index in [0.717, 1.165) is 25.7 Å². The Bertz CT molecular complexity index is 284. The number of hydrogen-bond acceptors (Lipinski definition) is 4. The van der Waals surface area contributed by atoms with E-state index in [4.69, 9.17) is 4.74 Å². The predicted molar refractivity (Wildman–Crippen MR) is 73.0 cm³/mol. The number of esters is 1. The summed E-state index contributed by atoms with van der Waals surface area (Å²) in [5, 5.41) is 0. The molecule has 0 unspecified atom stereocenters. The monoisotopic (exact) mass is 256 g/mol. The van der Waals surface area contributed by atoms with Gasteiger partial charge >= 0.3 is 5.97 Å². The van der Waals surface area contributed by atoms with Gasteiger partial charge in [-0.25, -0.2) is 4.79 Å². The van der Waals surface area contributed by atoms with Crippen molar-refractivity contribution >= 4 is 11.9 Å². The second kappa shape index (κ2) is 11.9. The van der Waals surface area contributed by atoms with Crippen LogP contribution in [0.1, 0.15) is 20.8 Å². The molecule has 0 aliphatic heterocycles. The summed E-state index contributed by atoms with van der Waals surface area (Å²) in [5.74, 6) is -0.780. The Labute approximate surface area is 109 Å². The molecule has 0 saturated carbocycles. The quantitative estimate of drug-likeness (QED) is 0.547. The molecule has 5 heteroatoms. The number of rotatable bonds is 7. The number of carbonyl (C=O) groups is 2. The van der Waals surface area contributed by atoms with Gasteiger partial charge in [-0.05, 0) is 26.1 Å². The number of nitrogens with two attached hydrogens (primary N) is 1. The molecule has 0 spiro atoms. The predicted octanol–water partition coefficient (Wildman–Crippen LogP) is 1.11. The summed E-state index contributed by atoms with van der Waals surface area (Å²) in [6.07, 6.45) is 1.06. The van der Waals surface area contributed by atoms with E-state index in [9.17, 15) is 9.59 Å². The van der Waals surface area contributed by atoms with Crippen LogP contribution in [-0.4, -0.2) is 43.0 Å². The molecule has 0 atom stereocenters. The van der Waals surface area contributed by atoms with Crippen molar-refractivity contribution in [3.05, 3.63) is 24.8 Å². The molecule has 104 valence electrons. The number of primary amides is 1. The van der Waals surface area contributed by atoms with Gasteiger partial charge in [0, 0.05) is 12.1 Å². The summed E-state index contributed by atoms with van der Waals surface area (Å²) in [5.41, 5.74) is 4.99. The molecule has 0 aliphatic carbocycles. The van der Waals surface area contributed by atoms with Gasteiger partial charge in [0.1, 0.15) is 6.61 Å². The van der Waals surface area contributed by atoms with Gasteiger partial charge in [-0.2, -0.15) is 0 Å². The smallest absolute Gasteiger partial charge is 0.333 e. The third-order valence-electron chi connectivity index (χ3n) is 2.08. The molecule has 0 saturated heterocycles. The summed E-state index contributed by atoms with van der Waals surface area (Å²) in [7, 11) is 0. The van der Waals surface area contributed by atoms with E-state index >= 15 is 0 Å². The first-order valence-corrected chi connectivity index (χ1v) is 5.85. The zero-order chi connectivity index (χ0) is 14.6. The highest BCUT2D eigenvalue weighted by Crippen LogP contribution is 1.93. The second-order valence-electron chi connectivity index (χ2n) is 3.55. The molecule has 0 rings (SSSR count). The number of hydrogen-bond donors (Lipinski definition) is 1. The van der Waals surface area contributed by atoms with Crippen molar-refractivity contribution < 1.29 is 14.3 Å². The number of amides is 1. The minimum atomic E-state index is -0.481. The van der Waals surface area contributed by atoms with Crippen molar-refractivity contribution in [2.75, 3.05) is 26.2 Å². The maximum Gasteiger partial charge on any atom is 0.333 e. The highest BCUT2D eigenvalue weighted by molar-refractivity contribution is 5.86. The summed E-state index contributed by atoms with van der Waals surface area (Å²) in [6, 6.07) is 0. The second-order valence-corrected chi connectivity index (χ2v) is 3.55. The van der Waals surface area contributed by atoms with E-state index in [1.165, 1.54) is 0 Å². The van der Waals surface area contributed by atoms with Crippen LogP contribution in [0.4, 0.5) is 0 Å². The van der Waals surface area contributed by atoms with Crippen molar-refractivity contribution in [2.45, 2.75) is 20.8 Å². The largest absolute Gasteiger partial charge is 0.461 e. The molecule has 0 fully saturated rings. The number of ether oxygens (including phenoxy) is 1. The van der Waals surface area contributed by atoms with Gasteiger partial charge in [0.25, 0.3) is 0 Å². The van der Waals surface area contributed by atoms with Crippen molar-refractivity contribution in [1.29, 1.82) is 0 Å². The summed E-state index contributed by atoms with van der Waals surface area (Å²) >= 11 is 0. The normalized spacial score (nSPS) is 9.11. The third-order valence-corrected chi connectivity index (χ3v) is 2.08. The topological polar surface area (TPSA) is 72.6 Å². The van der Waals surface area contributed by atoms with Crippen LogP contribution in [0, 0.1) is 0 Å². The van der Waals surface area contributed by atoms with Crippen molar-refractivity contribution in [1.82, 2.24) is 4.90 Å². The lowest BCUT2D eigenvalue weighted by Gasteiger charge is -2.17. The Kier molecular flexibility index (Phi) is 12.3. The first-order valence-electron chi connectivity index (χ1n) is 5.85. The fraction of sp³-hybridized carbons (Fsp3) is 0.538. The lowest BCUT2D eigenvalue weighted by Crippen LogP contribution is -2.27. The van der Waals surface area contributed by atoms with Crippen molar-refractivity contribution in [3.8, 4) is 0 Å². The minimum absolute atomic E-state index is 0.299. The van der Waals surface area contributed by atoms with Crippen LogP contribution >= 0.6 is 0 Å².